The molecule has 0 atom stereocenters. The third kappa shape index (κ3) is 2.25. The number of benzene rings is 1. The van der Waals surface area contributed by atoms with Gasteiger partial charge in [-0.1, -0.05) is 23.7 Å². The molecule has 1 aliphatic heterocycles. The van der Waals surface area contributed by atoms with E-state index in [1.54, 1.807) is 4.68 Å². The Bertz CT molecular complexity index is 575. The van der Waals surface area contributed by atoms with Gasteiger partial charge in [0.15, 0.2) is 5.82 Å². The van der Waals surface area contributed by atoms with E-state index in [0.717, 1.165) is 5.56 Å². The zero-order chi connectivity index (χ0) is 13.3. The first-order chi connectivity index (χ1) is 9.24. The van der Waals surface area contributed by atoms with E-state index in [9.17, 15) is 5.11 Å². The standard InChI is InChI=1S/C13H14ClN3O2/c14-11-4-2-1-3-10(11)12-15-9-16-17(12)5-13(6-18)7-19-8-13/h1-4,9,18H,5-8H2. The summed E-state index contributed by atoms with van der Waals surface area (Å²) < 4.78 is 6.98. The topological polar surface area (TPSA) is 60.2 Å². The smallest absolute Gasteiger partial charge is 0.159 e. The van der Waals surface area contributed by atoms with Gasteiger partial charge in [0.2, 0.25) is 0 Å². The van der Waals surface area contributed by atoms with Gasteiger partial charge >= 0.3 is 0 Å². The average Bonchev–Trinajstić information content (AvgIpc) is 2.82. The Balaban J connectivity index is 1.93. The Kier molecular flexibility index (Phi) is 3.26. The Morgan fingerprint density at radius 2 is 2.16 bits per heavy atom. The van der Waals surface area contributed by atoms with E-state index in [1.807, 2.05) is 24.3 Å². The van der Waals surface area contributed by atoms with E-state index in [-0.39, 0.29) is 12.0 Å². The molecule has 6 heteroatoms. The van der Waals surface area contributed by atoms with Crippen molar-refractivity contribution in [3.8, 4) is 11.4 Å². The van der Waals surface area contributed by atoms with Crippen molar-refractivity contribution < 1.29 is 9.84 Å². The lowest BCUT2D eigenvalue weighted by Crippen LogP contribution is -2.48. The molecule has 1 N–H and O–H groups in total. The van der Waals surface area contributed by atoms with Crippen LogP contribution < -0.4 is 0 Å². The van der Waals surface area contributed by atoms with Crippen molar-refractivity contribution in [2.45, 2.75) is 6.54 Å². The van der Waals surface area contributed by atoms with Crippen molar-refractivity contribution in [1.82, 2.24) is 14.8 Å². The number of hydrogen-bond acceptors (Lipinski definition) is 4. The maximum atomic E-state index is 9.48. The predicted octanol–water partition coefficient (Wildman–Crippen LogP) is 1.61. The number of rotatable bonds is 4. The molecule has 19 heavy (non-hydrogen) atoms. The van der Waals surface area contributed by atoms with Crippen molar-refractivity contribution >= 4 is 11.6 Å². The molecule has 1 aromatic heterocycles. The van der Waals surface area contributed by atoms with Gasteiger partial charge in [-0.15, -0.1) is 0 Å². The molecule has 3 rings (SSSR count). The highest BCUT2D eigenvalue weighted by Gasteiger charge is 2.39. The number of hydrogen-bond donors (Lipinski definition) is 1. The molecule has 2 heterocycles. The molecule has 0 saturated carbocycles. The third-order valence-electron chi connectivity index (χ3n) is 3.37. The first-order valence-corrected chi connectivity index (χ1v) is 6.43. The predicted molar refractivity (Wildman–Crippen MR) is 70.8 cm³/mol. The van der Waals surface area contributed by atoms with Gasteiger partial charge in [-0.3, -0.25) is 0 Å². The molecule has 0 aliphatic carbocycles. The summed E-state index contributed by atoms with van der Waals surface area (Å²) in [5.41, 5.74) is 0.596. The number of aliphatic hydroxyl groups excluding tert-OH is 1. The van der Waals surface area contributed by atoms with Crippen molar-refractivity contribution in [3.05, 3.63) is 35.6 Å². The summed E-state index contributed by atoms with van der Waals surface area (Å²) in [6.45, 7) is 1.75. The van der Waals surface area contributed by atoms with Gasteiger partial charge < -0.3 is 9.84 Å². The van der Waals surface area contributed by atoms with Crippen LogP contribution in [0.1, 0.15) is 0 Å². The minimum Gasteiger partial charge on any atom is -0.396 e. The monoisotopic (exact) mass is 279 g/mol. The van der Waals surface area contributed by atoms with Crippen molar-refractivity contribution in [3.63, 3.8) is 0 Å². The van der Waals surface area contributed by atoms with Gasteiger partial charge in [-0.2, -0.15) is 5.10 Å². The van der Waals surface area contributed by atoms with Gasteiger partial charge in [0.05, 0.1) is 36.8 Å². The largest absolute Gasteiger partial charge is 0.396 e. The number of ether oxygens (including phenoxy) is 1. The Labute approximate surface area is 115 Å². The van der Waals surface area contributed by atoms with E-state index in [0.29, 0.717) is 30.6 Å². The fraction of sp³-hybridized carbons (Fsp3) is 0.385. The average molecular weight is 280 g/mol. The second-order valence-corrected chi connectivity index (χ2v) is 5.28. The molecule has 0 amide bonds. The molecule has 0 unspecified atom stereocenters. The van der Waals surface area contributed by atoms with Crippen LogP contribution in [0.25, 0.3) is 11.4 Å². The SMILES string of the molecule is OCC1(Cn2ncnc2-c2ccccc2Cl)COC1. The minimum absolute atomic E-state index is 0.0782. The molecular weight excluding hydrogens is 266 g/mol. The van der Waals surface area contributed by atoms with Gasteiger partial charge in [-0.25, -0.2) is 9.67 Å². The molecule has 5 nitrogen and oxygen atoms in total. The number of halogens is 1. The lowest BCUT2D eigenvalue weighted by Gasteiger charge is -2.39. The summed E-state index contributed by atoms with van der Waals surface area (Å²) in [5, 5.41) is 14.4. The molecule has 1 aromatic carbocycles. The van der Waals surface area contributed by atoms with Gasteiger partial charge in [0, 0.05) is 5.56 Å². The normalized spacial score (nSPS) is 17.2. The maximum absolute atomic E-state index is 9.48. The zero-order valence-electron chi connectivity index (χ0n) is 10.3. The molecule has 100 valence electrons. The van der Waals surface area contributed by atoms with E-state index < -0.39 is 0 Å². The lowest BCUT2D eigenvalue weighted by atomic mass is 9.87. The van der Waals surface area contributed by atoms with Crippen LogP contribution in [0, 0.1) is 5.41 Å². The van der Waals surface area contributed by atoms with Crippen LogP contribution >= 0.6 is 11.6 Å². The van der Waals surface area contributed by atoms with Gasteiger partial charge in [0.25, 0.3) is 0 Å². The van der Waals surface area contributed by atoms with E-state index in [2.05, 4.69) is 10.1 Å². The van der Waals surface area contributed by atoms with E-state index >= 15 is 0 Å². The van der Waals surface area contributed by atoms with Crippen molar-refractivity contribution in [1.29, 1.82) is 0 Å². The minimum atomic E-state index is -0.246. The van der Waals surface area contributed by atoms with Crippen LogP contribution in [0.2, 0.25) is 5.02 Å². The van der Waals surface area contributed by atoms with Crippen LogP contribution in [0.15, 0.2) is 30.6 Å². The Hall–Kier alpha value is -1.43. The van der Waals surface area contributed by atoms with Gasteiger partial charge in [-0.05, 0) is 12.1 Å². The number of aromatic nitrogens is 3. The molecular formula is C13H14ClN3O2. The summed E-state index contributed by atoms with van der Waals surface area (Å²) in [6, 6.07) is 7.52. The highest BCUT2D eigenvalue weighted by molar-refractivity contribution is 6.33. The molecule has 2 aromatic rings. The molecule has 0 radical (unpaired) electrons. The van der Waals surface area contributed by atoms with E-state index in [1.165, 1.54) is 6.33 Å². The fourth-order valence-corrected chi connectivity index (χ4v) is 2.39. The second kappa shape index (κ2) is 4.92. The van der Waals surface area contributed by atoms with Crippen LogP contribution in [-0.4, -0.2) is 39.7 Å². The second-order valence-electron chi connectivity index (χ2n) is 4.87. The quantitative estimate of drug-likeness (QED) is 0.924. The zero-order valence-corrected chi connectivity index (χ0v) is 11.0. The number of nitrogens with zero attached hydrogens (tertiary/aromatic N) is 3. The Morgan fingerprint density at radius 3 is 2.79 bits per heavy atom. The van der Waals surface area contributed by atoms with E-state index in [4.69, 9.17) is 16.3 Å². The first kappa shape index (κ1) is 12.6. The van der Waals surface area contributed by atoms with Crippen LogP contribution in [0.4, 0.5) is 0 Å². The molecule has 1 aliphatic rings. The van der Waals surface area contributed by atoms with Crippen LogP contribution in [-0.2, 0) is 11.3 Å². The van der Waals surface area contributed by atoms with Crippen molar-refractivity contribution in [2.24, 2.45) is 5.41 Å². The summed E-state index contributed by atoms with van der Waals surface area (Å²) in [5.74, 6) is 0.713. The third-order valence-corrected chi connectivity index (χ3v) is 3.70. The highest BCUT2D eigenvalue weighted by atomic mass is 35.5. The van der Waals surface area contributed by atoms with Crippen LogP contribution in [0.3, 0.4) is 0 Å². The van der Waals surface area contributed by atoms with Crippen molar-refractivity contribution in [2.75, 3.05) is 19.8 Å². The summed E-state index contributed by atoms with van der Waals surface area (Å²) >= 11 is 6.19. The summed E-state index contributed by atoms with van der Waals surface area (Å²) in [6.07, 6.45) is 1.50. The summed E-state index contributed by atoms with van der Waals surface area (Å²) in [4.78, 5) is 4.27. The first-order valence-electron chi connectivity index (χ1n) is 6.05. The lowest BCUT2D eigenvalue weighted by molar-refractivity contribution is -0.145. The maximum Gasteiger partial charge on any atom is 0.159 e. The fourth-order valence-electron chi connectivity index (χ4n) is 2.17. The molecule has 1 saturated heterocycles. The number of aliphatic hydroxyl groups is 1. The van der Waals surface area contributed by atoms with Gasteiger partial charge in [0.1, 0.15) is 6.33 Å². The Morgan fingerprint density at radius 1 is 1.37 bits per heavy atom. The molecule has 0 bridgehead atoms. The molecule has 0 spiro atoms. The van der Waals surface area contributed by atoms with Crippen LogP contribution in [0.5, 0.6) is 0 Å². The molecule has 1 fully saturated rings. The summed E-state index contributed by atoms with van der Waals surface area (Å²) in [7, 11) is 0. The highest BCUT2D eigenvalue weighted by Crippen LogP contribution is 2.31.